The van der Waals surface area contributed by atoms with E-state index in [4.69, 9.17) is 5.11 Å². The molecular weight excluding hydrogens is 232 g/mol. The maximum absolute atomic E-state index is 11.9. The number of hydrogen-bond donors (Lipinski definition) is 2. The third kappa shape index (κ3) is 2.45. The molecule has 2 amide bonds. The molecule has 1 aliphatic rings. The fourth-order valence-corrected chi connectivity index (χ4v) is 2.06. The summed E-state index contributed by atoms with van der Waals surface area (Å²) in [5, 5.41) is 11.4. The van der Waals surface area contributed by atoms with Crippen molar-refractivity contribution in [2.75, 3.05) is 0 Å². The predicted octanol–water partition coefficient (Wildman–Crippen LogP) is 1.58. The molecular formula is C13H16N2O3. The summed E-state index contributed by atoms with van der Waals surface area (Å²) in [7, 11) is 0. The number of nitrogens with one attached hydrogen (secondary N) is 1. The van der Waals surface area contributed by atoms with Crippen molar-refractivity contribution in [1.29, 1.82) is 0 Å². The maximum Gasteiger partial charge on any atom is 0.326 e. The predicted molar refractivity (Wildman–Crippen MR) is 65.9 cm³/mol. The minimum Gasteiger partial charge on any atom is -0.480 e. The van der Waals surface area contributed by atoms with Gasteiger partial charge in [-0.15, -0.1) is 0 Å². The van der Waals surface area contributed by atoms with E-state index in [0.717, 1.165) is 11.1 Å². The van der Waals surface area contributed by atoms with E-state index >= 15 is 0 Å². The Morgan fingerprint density at radius 1 is 1.33 bits per heavy atom. The Labute approximate surface area is 105 Å². The van der Waals surface area contributed by atoms with Gasteiger partial charge in [0.15, 0.2) is 0 Å². The number of rotatable bonds is 3. The van der Waals surface area contributed by atoms with Crippen molar-refractivity contribution in [3.05, 3.63) is 35.4 Å². The van der Waals surface area contributed by atoms with Crippen LogP contribution in [0, 0.1) is 0 Å². The van der Waals surface area contributed by atoms with Gasteiger partial charge in [-0.2, -0.15) is 0 Å². The fraction of sp³-hybridized carbons (Fsp3) is 0.385. The largest absolute Gasteiger partial charge is 0.480 e. The highest BCUT2D eigenvalue weighted by molar-refractivity contribution is 5.82. The molecule has 0 bridgehead atoms. The fourth-order valence-electron chi connectivity index (χ4n) is 2.06. The van der Waals surface area contributed by atoms with E-state index in [1.807, 2.05) is 24.3 Å². The summed E-state index contributed by atoms with van der Waals surface area (Å²) in [6.45, 7) is 2.81. The average molecular weight is 248 g/mol. The van der Waals surface area contributed by atoms with Crippen LogP contribution in [0.15, 0.2) is 24.3 Å². The number of amides is 2. The van der Waals surface area contributed by atoms with Gasteiger partial charge in [0.05, 0.1) is 0 Å². The Morgan fingerprint density at radius 3 is 2.33 bits per heavy atom. The molecule has 0 saturated carbocycles. The number of carboxylic acid groups (broad SMARTS) is 1. The average Bonchev–Trinajstić information content (AvgIpc) is 2.79. The monoisotopic (exact) mass is 248 g/mol. The van der Waals surface area contributed by atoms with Gasteiger partial charge in [-0.3, -0.25) is 0 Å². The minimum atomic E-state index is -0.998. The van der Waals surface area contributed by atoms with Crippen molar-refractivity contribution >= 4 is 12.0 Å². The molecule has 1 aromatic carbocycles. The highest BCUT2D eigenvalue weighted by Crippen LogP contribution is 2.22. The van der Waals surface area contributed by atoms with Crippen LogP contribution in [-0.2, 0) is 17.9 Å². The minimum absolute atomic E-state index is 0.319. The number of carbonyl (C=O) groups is 2. The third-order valence-corrected chi connectivity index (χ3v) is 3.13. The molecule has 5 heteroatoms. The summed E-state index contributed by atoms with van der Waals surface area (Å²) in [4.78, 5) is 24.4. The van der Waals surface area contributed by atoms with Gasteiger partial charge >= 0.3 is 12.0 Å². The molecule has 0 saturated heterocycles. The number of hydrogen-bond acceptors (Lipinski definition) is 2. The van der Waals surface area contributed by atoms with E-state index < -0.39 is 12.0 Å². The van der Waals surface area contributed by atoms with Gasteiger partial charge < -0.3 is 15.3 Å². The Bertz CT molecular complexity index is 448. The molecule has 2 rings (SSSR count). The number of carbonyl (C=O) groups excluding carboxylic acids is 1. The number of benzene rings is 1. The zero-order valence-corrected chi connectivity index (χ0v) is 10.2. The molecule has 0 radical (unpaired) electrons. The Balaban J connectivity index is 1.99. The molecule has 18 heavy (non-hydrogen) atoms. The Hall–Kier alpha value is -2.04. The lowest BCUT2D eigenvalue weighted by atomic mass is 10.1. The zero-order valence-electron chi connectivity index (χ0n) is 10.2. The first-order valence-electron chi connectivity index (χ1n) is 5.97. The summed E-state index contributed by atoms with van der Waals surface area (Å²) >= 11 is 0. The van der Waals surface area contributed by atoms with Crippen LogP contribution in [0.5, 0.6) is 0 Å². The molecule has 2 N–H and O–H groups in total. The van der Waals surface area contributed by atoms with E-state index in [2.05, 4.69) is 5.32 Å². The van der Waals surface area contributed by atoms with Gasteiger partial charge in [0, 0.05) is 13.1 Å². The first-order chi connectivity index (χ1) is 8.61. The molecule has 1 atom stereocenters. The summed E-state index contributed by atoms with van der Waals surface area (Å²) in [5.74, 6) is -0.998. The van der Waals surface area contributed by atoms with Gasteiger partial charge in [-0.25, -0.2) is 9.59 Å². The SMILES string of the molecule is CCC(NC(=O)N1Cc2ccccc2C1)C(=O)O. The molecule has 1 aromatic rings. The smallest absolute Gasteiger partial charge is 0.326 e. The van der Waals surface area contributed by atoms with Crippen molar-refractivity contribution in [1.82, 2.24) is 10.2 Å². The molecule has 0 spiro atoms. The van der Waals surface area contributed by atoms with Crippen LogP contribution in [0.25, 0.3) is 0 Å². The van der Waals surface area contributed by atoms with Gasteiger partial charge in [0.1, 0.15) is 6.04 Å². The van der Waals surface area contributed by atoms with E-state index in [0.29, 0.717) is 19.5 Å². The number of carboxylic acids is 1. The van der Waals surface area contributed by atoms with E-state index in [1.54, 1.807) is 11.8 Å². The lowest BCUT2D eigenvalue weighted by Gasteiger charge is -2.19. The molecule has 1 unspecified atom stereocenters. The number of aliphatic carboxylic acids is 1. The molecule has 1 heterocycles. The van der Waals surface area contributed by atoms with Crippen molar-refractivity contribution in [3.8, 4) is 0 Å². The van der Waals surface area contributed by atoms with Crippen LogP contribution in [0.1, 0.15) is 24.5 Å². The van der Waals surface area contributed by atoms with Crippen molar-refractivity contribution < 1.29 is 14.7 Å². The highest BCUT2D eigenvalue weighted by atomic mass is 16.4. The van der Waals surface area contributed by atoms with Gasteiger partial charge in [-0.1, -0.05) is 31.2 Å². The number of fused-ring (bicyclic) bond motifs is 1. The van der Waals surface area contributed by atoms with Crippen LogP contribution in [0.4, 0.5) is 4.79 Å². The quantitative estimate of drug-likeness (QED) is 0.853. The third-order valence-electron chi connectivity index (χ3n) is 3.13. The standard InChI is InChI=1S/C13H16N2O3/c1-2-11(12(16)17)14-13(18)15-7-9-5-3-4-6-10(9)8-15/h3-6,11H,2,7-8H2,1H3,(H,14,18)(H,16,17). The number of nitrogens with zero attached hydrogens (tertiary/aromatic N) is 1. The highest BCUT2D eigenvalue weighted by Gasteiger charge is 2.26. The molecule has 96 valence electrons. The molecule has 0 aliphatic carbocycles. The van der Waals surface area contributed by atoms with Crippen LogP contribution >= 0.6 is 0 Å². The topological polar surface area (TPSA) is 69.6 Å². The van der Waals surface area contributed by atoms with Gasteiger partial charge in [0.25, 0.3) is 0 Å². The normalized spacial score (nSPS) is 15.1. The van der Waals surface area contributed by atoms with Crippen LogP contribution in [0.3, 0.4) is 0 Å². The summed E-state index contributed by atoms with van der Waals surface area (Å²) in [5.41, 5.74) is 2.24. The second kappa shape index (κ2) is 5.08. The lowest BCUT2D eigenvalue weighted by Crippen LogP contribution is -2.45. The second-order valence-electron chi connectivity index (χ2n) is 4.37. The van der Waals surface area contributed by atoms with Crippen molar-refractivity contribution in [2.24, 2.45) is 0 Å². The number of urea groups is 1. The van der Waals surface area contributed by atoms with Crippen LogP contribution < -0.4 is 5.32 Å². The molecule has 0 aromatic heterocycles. The second-order valence-corrected chi connectivity index (χ2v) is 4.37. The zero-order chi connectivity index (χ0) is 13.1. The van der Waals surface area contributed by atoms with Gasteiger partial charge in [-0.05, 0) is 17.5 Å². The van der Waals surface area contributed by atoms with E-state index in [1.165, 1.54) is 0 Å². The summed E-state index contributed by atoms with van der Waals surface area (Å²) in [6.07, 6.45) is 0.377. The van der Waals surface area contributed by atoms with Crippen molar-refractivity contribution in [2.45, 2.75) is 32.5 Å². The van der Waals surface area contributed by atoms with Crippen molar-refractivity contribution in [3.63, 3.8) is 0 Å². The van der Waals surface area contributed by atoms with E-state index in [-0.39, 0.29) is 6.03 Å². The van der Waals surface area contributed by atoms with Gasteiger partial charge in [0.2, 0.25) is 0 Å². The summed E-state index contributed by atoms with van der Waals surface area (Å²) < 4.78 is 0. The molecule has 1 aliphatic heterocycles. The van der Waals surface area contributed by atoms with Crippen LogP contribution in [-0.4, -0.2) is 28.0 Å². The summed E-state index contributed by atoms with van der Waals surface area (Å²) in [6, 6.07) is 6.70. The Morgan fingerprint density at radius 2 is 1.89 bits per heavy atom. The first kappa shape index (κ1) is 12.4. The first-order valence-corrected chi connectivity index (χ1v) is 5.97. The van der Waals surface area contributed by atoms with E-state index in [9.17, 15) is 9.59 Å². The molecule has 0 fully saturated rings. The maximum atomic E-state index is 11.9. The van der Waals surface area contributed by atoms with Crippen LogP contribution in [0.2, 0.25) is 0 Å². The Kier molecular flexibility index (Phi) is 3.50. The molecule has 5 nitrogen and oxygen atoms in total. The lowest BCUT2D eigenvalue weighted by molar-refractivity contribution is -0.139.